The smallest absolute Gasteiger partial charge is 0.253 e. The fourth-order valence-electron chi connectivity index (χ4n) is 1.86. The van der Waals surface area contributed by atoms with Crippen LogP contribution >= 0.6 is 11.6 Å². The normalized spacial score (nSPS) is 11.9. The molecule has 0 saturated carbocycles. The molecule has 0 bridgehead atoms. The molecule has 0 unspecified atom stereocenters. The van der Waals surface area contributed by atoms with Crippen LogP contribution in [-0.4, -0.2) is 5.91 Å². The summed E-state index contributed by atoms with van der Waals surface area (Å²) in [6.45, 7) is 1.82. The average molecular weight is 293 g/mol. The maximum absolute atomic E-state index is 13.2. The van der Waals surface area contributed by atoms with Crippen molar-refractivity contribution >= 4 is 23.2 Å². The van der Waals surface area contributed by atoms with E-state index >= 15 is 0 Å². The number of halogens is 2. The van der Waals surface area contributed by atoms with E-state index in [-0.39, 0.29) is 17.3 Å². The van der Waals surface area contributed by atoms with Gasteiger partial charge >= 0.3 is 0 Å². The molecule has 3 nitrogen and oxygen atoms in total. The second-order valence-electron chi connectivity index (χ2n) is 4.48. The van der Waals surface area contributed by atoms with Gasteiger partial charge in [0, 0.05) is 10.7 Å². The van der Waals surface area contributed by atoms with Crippen LogP contribution in [0.25, 0.3) is 0 Å². The molecule has 0 aliphatic rings. The molecule has 0 aliphatic carbocycles. The van der Waals surface area contributed by atoms with Gasteiger partial charge in [0.15, 0.2) is 0 Å². The van der Waals surface area contributed by atoms with Crippen molar-refractivity contribution in [1.29, 1.82) is 0 Å². The molecule has 2 aromatic carbocycles. The molecule has 0 fully saturated rings. The van der Waals surface area contributed by atoms with E-state index in [1.807, 2.05) is 13.0 Å². The summed E-state index contributed by atoms with van der Waals surface area (Å²) in [4.78, 5) is 12.1. The van der Waals surface area contributed by atoms with E-state index in [0.29, 0.717) is 5.02 Å². The highest BCUT2D eigenvalue weighted by molar-refractivity contribution is 6.30. The van der Waals surface area contributed by atoms with Crippen LogP contribution in [0.4, 0.5) is 10.1 Å². The Morgan fingerprint density at radius 1 is 1.30 bits per heavy atom. The van der Waals surface area contributed by atoms with Crippen LogP contribution in [0.5, 0.6) is 0 Å². The van der Waals surface area contributed by atoms with Crippen LogP contribution in [0.3, 0.4) is 0 Å². The van der Waals surface area contributed by atoms with E-state index in [4.69, 9.17) is 17.3 Å². The topological polar surface area (TPSA) is 55.1 Å². The lowest BCUT2D eigenvalue weighted by atomic mass is 10.1. The number of nitrogens with two attached hydrogens (primary N) is 1. The summed E-state index contributed by atoms with van der Waals surface area (Å²) in [5.41, 5.74) is 6.90. The van der Waals surface area contributed by atoms with Gasteiger partial charge in [0.25, 0.3) is 5.91 Å². The predicted octanol–water partition coefficient (Wildman–Crippen LogP) is 3.55. The zero-order valence-electron chi connectivity index (χ0n) is 10.9. The van der Waals surface area contributed by atoms with E-state index in [9.17, 15) is 9.18 Å². The van der Waals surface area contributed by atoms with Crippen molar-refractivity contribution in [2.45, 2.75) is 13.0 Å². The van der Waals surface area contributed by atoms with E-state index in [1.54, 1.807) is 18.2 Å². The first kappa shape index (κ1) is 14.3. The monoisotopic (exact) mass is 292 g/mol. The Labute approximate surface area is 121 Å². The third-order valence-corrected chi connectivity index (χ3v) is 3.19. The zero-order chi connectivity index (χ0) is 14.7. The maximum atomic E-state index is 13.2. The van der Waals surface area contributed by atoms with Crippen LogP contribution < -0.4 is 11.1 Å². The Balaban J connectivity index is 2.17. The minimum absolute atomic E-state index is 0.124. The minimum atomic E-state index is -0.500. The number of carbonyl (C=O) groups excluding carboxylic acids is 1. The minimum Gasteiger partial charge on any atom is -0.398 e. The van der Waals surface area contributed by atoms with Crippen molar-refractivity contribution in [3.63, 3.8) is 0 Å². The van der Waals surface area contributed by atoms with E-state index in [1.165, 1.54) is 12.1 Å². The summed E-state index contributed by atoms with van der Waals surface area (Å²) in [5, 5.41) is 3.36. The molecule has 0 spiro atoms. The highest BCUT2D eigenvalue weighted by atomic mass is 35.5. The number of rotatable bonds is 3. The van der Waals surface area contributed by atoms with Crippen LogP contribution in [-0.2, 0) is 0 Å². The first-order valence-corrected chi connectivity index (χ1v) is 6.46. The summed E-state index contributed by atoms with van der Waals surface area (Å²) in [5.74, 6) is -0.922. The Hall–Kier alpha value is -2.07. The number of nitrogen functional groups attached to an aromatic ring is 1. The Morgan fingerprint density at radius 2 is 2.05 bits per heavy atom. The largest absolute Gasteiger partial charge is 0.398 e. The van der Waals surface area contributed by atoms with Crippen molar-refractivity contribution in [2.24, 2.45) is 0 Å². The van der Waals surface area contributed by atoms with Gasteiger partial charge in [0.2, 0.25) is 0 Å². The van der Waals surface area contributed by atoms with E-state index in [0.717, 1.165) is 11.6 Å². The summed E-state index contributed by atoms with van der Waals surface area (Å²) in [6.07, 6.45) is 0. The number of hydrogen-bond acceptors (Lipinski definition) is 2. The SMILES string of the molecule is C[C@H](NC(=O)c1cc(F)ccc1N)c1cccc(Cl)c1. The zero-order valence-corrected chi connectivity index (χ0v) is 11.6. The van der Waals surface area contributed by atoms with Crippen LogP contribution in [0.1, 0.15) is 28.9 Å². The van der Waals surface area contributed by atoms with Crippen molar-refractivity contribution in [2.75, 3.05) is 5.73 Å². The lowest BCUT2D eigenvalue weighted by Crippen LogP contribution is -2.27. The quantitative estimate of drug-likeness (QED) is 0.850. The number of anilines is 1. The second kappa shape index (κ2) is 5.92. The Morgan fingerprint density at radius 3 is 2.75 bits per heavy atom. The molecule has 104 valence electrons. The maximum Gasteiger partial charge on any atom is 0.253 e. The van der Waals surface area contributed by atoms with Gasteiger partial charge in [-0.15, -0.1) is 0 Å². The van der Waals surface area contributed by atoms with Crippen molar-refractivity contribution < 1.29 is 9.18 Å². The highest BCUT2D eigenvalue weighted by Crippen LogP contribution is 2.19. The summed E-state index contributed by atoms with van der Waals surface area (Å²) >= 11 is 5.91. The summed E-state index contributed by atoms with van der Waals surface area (Å²) < 4.78 is 13.2. The molecule has 5 heteroatoms. The first-order valence-electron chi connectivity index (χ1n) is 6.08. The fraction of sp³-hybridized carbons (Fsp3) is 0.133. The number of benzene rings is 2. The Kier molecular flexibility index (Phi) is 4.25. The standard InChI is InChI=1S/C15H14ClFN2O/c1-9(10-3-2-4-11(16)7-10)19-15(20)13-8-12(17)5-6-14(13)18/h2-9H,18H2,1H3,(H,19,20)/t9-/m0/s1. The molecule has 3 N–H and O–H groups in total. The molecule has 0 saturated heterocycles. The van der Waals surface area contributed by atoms with Gasteiger partial charge < -0.3 is 11.1 Å². The van der Waals surface area contributed by atoms with Gasteiger partial charge in [-0.2, -0.15) is 0 Å². The second-order valence-corrected chi connectivity index (χ2v) is 4.92. The molecule has 0 aromatic heterocycles. The van der Waals surface area contributed by atoms with Gasteiger partial charge in [-0.25, -0.2) is 4.39 Å². The number of carbonyl (C=O) groups is 1. The summed E-state index contributed by atoms with van der Waals surface area (Å²) in [7, 11) is 0. The van der Waals surface area contributed by atoms with Crippen molar-refractivity contribution in [3.05, 3.63) is 64.4 Å². The lowest BCUT2D eigenvalue weighted by molar-refractivity contribution is 0.0940. The number of nitrogens with one attached hydrogen (secondary N) is 1. The molecule has 0 radical (unpaired) electrons. The van der Waals surface area contributed by atoms with Gasteiger partial charge in [0.05, 0.1) is 11.6 Å². The molecule has 0 aliphatic heterocycles. The third kappa shape index (κ3) is 3.27. The summed E-state index contributed by atoms with van der Waals surface area (Å²) in [6, 6.07) is 10.6. The van der Waals surface area contributed by atoms with Crippen LogP contribution in [0, 0.1) is 5.82 Å². The van der Waals surface area contributed by atoms with Gasteiger partial charge in [-0.3, -0.25) is 4.79 Å². The van der Waals surface area contributed by atoms with Crippen LogP contribution in [0.2, 0.25) is 5.02 Å². The molecule has 2 aromatic rings. The van der Waals surface area contributed by atoms with Gasteiger partial charge in [-0.1, -0.05) is 23.7 Å². The Bertz CT molecular complexity index is 646. The first-order chi connectivity index (χ1) is 9.47. The average Bonchev–Trinajstić information content (AvgIpc) is 2.41. The van der Waals surface area contributed by atoms with Crippen molar-refractivity contribution in [3.8, 4) is 0 Å². The van der Waals surface area contributed by atoms with Crippen molar-refractivity contribution in [1.82, 2.24) is 5.32 Å². The molecule has 1 amide bonds. The fourth-order valence-corrected chi connectivity index (χ4v) is 2.06. The third-order valence-electron chi connectivity index (χ3n) is 2.96. The molecule has 1 atom stereocenters. The molecular weight excluding hydrogens is 279 g/mol. The molecule has 20 heavy (non-hydrogen) atoms. The van der Waals surface area contributed by atoms with E-state index < -0.39 is 11.7 Å². The number of hydrogen-bond donors (Lipinski definition) is 2. The number of amides is 1. The molecule has 2 rings (SSSR count). The highest BCUT2D eigenvalue weighted by Gasteiger charge is 2.14. The predicted molar refractivity (Wildman–Crippen MR) is 78.1 cm³/mol. The van der Waals surface area contributed by atoms with Crippen LogP contribution in [0.15, 0.2) is 42.5 Å². The van der Waals surface area contributed by atoms with Gasteiger partial charge in [-0.05, 0) is 42.8 Å². The molecule has 0 heterocycles. The molecular formula is C15H14ClFN2O. The van der Waals surface area contributed by atoms with Gasteiger partial charge in [0.1, 0.15) is 5.82 Å². The lowest BCUT2D eigenvalue weighted by Gasteiger charge is -2.15. The van der Waals surface area contributed by atoms with E-state index in [2.05, 4.69) is 5.32 Å².